The number of ketones is 1. The highest BCUT2D eigenvalue weighted by atomic mass is 16.3. The van der Waals surface area contributed by atoms with Gasteiger partial charge in [0.1, 0.15) is 5.60 Å². The summed E-state index contributed by atoms with van der Waals surface area (Å²) in [6.07, 6.45) is 1.95. The minimum absolute atomic E-state index is 0.0613. The SMILES string of the molecule is C=C(C)[C@@]1(O)CC[C@@H](C)CC1=O. The van der Waals surface area contributed by atoms with Gasteiger partial charge in [-0.05, 0) is 31.3 Å². The van der Waals surface area contributed by atoms with Crippen molar-refractivity contribution in [3.05, 3.63) is 12.2 Å². The van der Waals surface area contributed by atoms with E-state index in [2.05, 4.69) is 6.58 Å². The van der Waals surface area contributed by atoms with Gasteiger partial charge in [-0.15, -0.1) is 0 Å². The highest BCUT2D eigenvalue weighted by molar-refractivity contribution is 5.90. The summed E-state index contributed by atoms with van der Waals surface area (Å²) in [6.45, 7) is 7.41. The van der Waals surface area contributed by atoms with Crippen molar-refractivity contribution in [3.63, 3.8) is 0 Å². The lowest BCUT2D eigenvalue weighted by Gasteiger charge is -2.33. The predicted octanol–water partition coefficient (Wildman–Crippen LogP) is 1.68. The van der Waals surface area contributed by atoms with E-state index in [1.165, 1.54) is 0 Å². The van der Waals surface area contributed by atoms with E-state index in [0.717, 1.165) is 6.42 Å². The summed E-state index contributed by atoms with van der Waals surface area (Å²) < 4.78 is 0. The zero-order valence-corrected chi connectivity index (χ0v) is 7.76. The molecule has 1 aliphatic rings. The lowest BCUT2D eigenvalue weighted by molar-refractivity contribution is -0.138. The molecule has 0 heterocycles. The van der Waals surface area contributed by atoms with E-state index < -0.39 is 5.60 Å². The first-order valence-corrected chi connectivity index (χ1v) is 4.38. The first-order chi connectivity index (χ1) is 5.47. The van der Waals surface area contributed by atoms with Crippen LogP contribution in [0, 0.1) is 5.92 Å². The van der Waals surface area contributed by atoms with Crippen LogP contribution < -0.4 is 0 Å². The first kappa shape index (κ1) is 9.46. The normalized spacial score (nSPS) is 36.6. The largest absolute Gasteiger partial charge is 0.378 e. The van der Waals surface area contributed by atoms with E-state index in [-0.39, 0.29) is 5.78 Å². The number of Topliss-reactive ketones (excluding diaryl/α,β-unsaturated/α-hetero) is 1. The molecule has 2 atom stereocenters. The van der Waals surface area contributed by atoms with E-state index in [0.29, 0.717) is 24.3 Å². The molecule has 1 aliphatic carbocycles. The third kappa shape index (κ3) is 1.44. The van der Waals surface area contributed by atoms with Gasteiger partial charge in [0, 0.05) is 6.42 Å². The lowest BCUT2D eigenvalue weighted by atomic mass is 9.75. The molecule has 0 bridgehead atoms. The molecule has 0 aromatic carbocycles. The molecule has 1 rings (SSSR count). The summed E-state index contributed by atoms with van der Waals surface area (Å²) in [5, 5.41) is 9.89. The Morgan fingerprint density at radius 2 is 2.33 bits per heavy atom. The maximum Gasteiger partial charge on any atom is 0.168 e. The van der Waals surface area contributed by atoms with Crippen LogP contribution >= 0.6 is 0 Å². The molecule has 0 amide bonds. The van der Waals surface area contributed by atoms with Gasteiger partial charge >= 0.3 is 0 Å². The molecule has 0 aromatic rings. The maximum absolute atomic E-state index is 11.5. The summed E-state index contributed by atoms with van der Waals surface area (Å²) >= 11 is 0. The van der Waals surface area contributed by atoms with Crippen LogP contribution in [-0.2, 0) is 4.79 Å². The molecule has 2 nitrogen and oxygen atoms in total. The summed E-state index contributed by atoms with van der Waals surface area (Å²) in [6, 6.07) is 0. The van der Waals surface area contributed by atoms with Crippen LogP contribution in [0.5, 0.6) is 0 Å². The van der Waals surface area contributed by atoms with E-state index in [9.17, 15) is 9.90 Å². The molecule has 0 spiro atoms. The van der Waals surface area contributed by atoms with Crippen molar-refractivity contribution in [1.82, 2.24) is 0 Å². The minimum atomic E-state index is -1.22. The van der Waals surface area contributed by atoms with Crippen molar-refractivity contribution >= 4 is 5.78 Å². The second kappa shape index (κ2) is 3.02. The Morgan fingerprint density at radius 1 is 1.75 bits per heavy atom. The van der Waals surface area contributed by atoms with Crippen LogP contribution in [0.4, 0.5) is 0 Å². The fourth-order valence-electron chi connectivity index (χ4n) is 1.63. The van der Waals surface area contributed by atoms with Gasteiger partial charge in [-0.25, -0.2) is 0 Å². The van der Waals surface area contributed by atoms with E-state index >= 15 is 0 Å². The van der Waals surface area contributed by atoms with Gasteiger partial charge in [-0.1, -0.05) is 13.5 Å². The van der Waals surface area contributed by atoms with E-state index in [1.54, 1.807) is 6.92 Å². The van der Waals surface area contributed by atoms with Gasteiger partial charge in [-0.3, -0.25) is 4.79 Å². The van der Waals surface area contributed by atoms with Gasteiger partial charge < -0.3 is 5.11 Å². The van der Waals surface area contributed by atoms with Crippen LogP contribution in [-0.4, -0.2) is 16.5 Å². The fraction of sp³-hybridized carbons (Fsp3) is 0.700. The molecule has 12 heavy (non-hydrogen) atoms. The number of rotatable bonds is 1. The molecule has 2 heteroatoms. The van der Waals surface area contributed by atoms with Crippen molar-refractivity contribution in [1.29, 1.82) is 0 Å². The molecule has 0 aromatic heterocycles. The Kier molecular flexibility index (Phi) is 2.38. The van der Waals surface area contributed by atoms with Gasteiger partial charge in [0.05, 0.1) is 0 Å². The average molecular weight is 168 g/mol. The molecular formula is C10H16O2. The number of carbonyl (C=O) groups excluding carboxylic acids is 1. The molecule has 1 fully saturated rings. The van der Waals surface area contributed by atoms with Crippen LogP contribution in [0.15, 0.2) is 12.2 Å². The van der Waals surface area contributed by atoms with Crippen LogP contribution in [0.25, 0.3) is 0 Å². The second-order valence-corrected chi connectivity index (χ2v) is 3.91. The van der Waals surface area contributed by atoms with Crippen molar-refractivity contribution in [2.45, 2.75) is 38.7 Å². The van der Waals surface area contributed by atoms with Crippen LogP contribution in [0.1, 0.15) is 33.1 Å². The number of carbonyl (C=O) groups is 1. The first-order valence-electron chi connectivity index (χ1n) is 4.38. The Balaban J connectivity index is 2.80. The van der Waals surface area contributed by atoms with Crippen LogP contribution in [0.2, 0.25) is 0 Å². The van der Waals surface area contributed by atoms with Gasteiger partial charge in [-0.2, -0.15) is 0 Å². The maximum atomic E-state index is 11.5. The van der Waals surface area contributed by atoms with E-state index in [4.69, 9.17) is 0 Å². The van der Waals surface area contributed by atoms with Crippen molar-refractivity contribution in [2.75, 3.05) is 0 Å². The molecule has 68 valence electrons. The second-order valence-electron chi connectivity index (χ2n) is 3.91. The van der Waals surface area contributed by atoms with E-state index in [1.807, 2.05) is 6.92 Å². The topological polar surface area (TPSA) is 37.3 Å². The Hall–Kier alpha value is -0.630. The summed E-state index contributed by atoms with van der Waals surface area (Å²) in [5.74, 6) is 0.353. The minimum Gasteiger partial charge on any atom is -0.378 e. The molecule has 0 unspecified atom stereocenters. The van der Waals surface area contributed by atoms with Crippen LogP contribution in [0.3, 0.4) is 0 Å². The Bertz CT molecular complexity index is 220. The number of hydrogen-bond acceptors (Lipinski definition) is 2. The summed E-state index contributed by atoms with van der Waals surface area (Å²) in [5.41, 5.74) is -0.633. The van der Waals surface area contributed by atoms with Crippen molar-refractivity contribution < 1.29 is 9.90 Å². The third-order valence-corrected chi connectivity index (χ3v) is 2.70. The quantitative estimate of drug-likeness (QED) is 0.605. The molecule has 0 saturated heterocycles. The smallest absolute Gasteiger partial charge is 0.168 e. The highest BCUT2D eigenvalue weighted by Gasteiger charge is 2.40. The van der Waals surface area contributed by atoms with Gasteiger partial charge in [0.2, 0.25) is 0 Å². The van der Waals surface area contributed by atoms with Crippen molar-refractivity contribution in [3.8, 4) is 0 Å². The molecule has 1 N–H and O–H groups in total. The number of aliphatic hydroxyl groups is 1. The van der Waals surface area contributed by atoms with Gasteiger partial charge in [0.15, 0.2) is 5.78 Å². The lowest BCUT2D eigenvalue weighted by Crippen LogP contribution is -2.43. The van der Waals surface area contributed by atoms with Gasteiger partial charge in [0.25, 0.3) is 0 Å². The zero-order chi connectivity index (χ0) is 9.35. The molecule has 0 radical (unpaired) electrons. The fourth-order valence-corrected chi connectivity index (χ4v) is 1.63. The predicted molar refractivity (Wildman–Crippen MR) is 47.8 cm³/mol. The monoisotopic (exact) mass is 168 g/mol. The molecule has 0 aliphatic heterocycles. The van der Waals surface area contributed by atoms with Crippen molar-refractivity contribution in [2.24, 2.45) is 5.92 Å². The Morgan fingerprint density at radius 3 is 2.75 bits per heavy atom. The molecular weight excluding hydrogens is 152 g/mol. The zero-order valence-electron chi connectivity index (χ0n) is 7.76. The molecule has 1 saturated carbocycles. The summed E-state index contributed by atoms with van der Waals surface area (Å²) in [7, 11) is 0. The number of hydrogen-bond donors (Lipinski definition) is 1. The third-order valence-electron chi connectivity index (χ3n) is 2.70. The Labute approximate surface area is 73.3 Å². The highest BCUT2D eigenvalue weighted by Crippen LogP contribution is 2.33. The standard InChI is InChI=1S/C10H16O2/c1-7(2)10(12)5-4-8(3)6-9(10)11/h8,12H,1,4-6H2,2-3H3/t8-,10+/m1/s1. The average Bonchev–Trinajstić information content (AvgIpc) is 1.97. The summed E-state index contributed by atoms with van der Waals surface area (Å²) in [4.78, 5) is 11.5.